The third-order valence-corrected chi connectivity index (χ3v) is 7.08. The first kappa shape index (κ1) is 33.9. The van der Waals surface area contributed by atoms with Gasteiger partial charge in [0.25, 0.3) is 0 Å². The van der Waals surface area contributed by atoms with Gasteiger partial charge in [0.15, 0.2) is 0 Å². The van der Waals surface area contributed by atoms with Crippen molar-refractivity contribution in [1.82, 2.24) is 0 Å². The van der Waals surface area contributed by atoms with E-state index in [0.29, 0.717) is 18.4 Å². The van der Waals surface area contributed by atoms with Crippen LogP contribution in [0, 0.1) is 11.7 Å². The van der Waals surface area contributed by atoms with Crippen LogP contribution in [-0.4, -0.2) is 46.6 Å². The number of carbonyl (C=O) groups is 2. The molecule has 7 heteroatoms. The summed E-state index contributed by atoms with van der Waals surface area (Å²) >= 11 is 0. The Morgan fingerprint density at radius 1 is 0.829 bits per heavy atom. The molecule has 0 atom stereocenters. The lowest BCUT2D eigenvalue weighted by molar-refractivity contribution is -0.146. The number of benzene rings is 2. The van der Waals surface area contributed by atoms with Crippen molar-refractivity contribution >= 4 is 11.9 Å². The van der Waals surface area contributed by atoms with Crippen LogP contribution in [0.25, 0.3) is 11.1 Å². The fourth-order valence-corrected chi connectivity index (χ4v) is 4.02. The molecule has 0 spiro atoms. The van der Waals surface area contributed by atoms with E-state index in [1.54, 1.807) is 6.07 Å². The minimum atomic E-state index is -1.45. The molecule has 0 saturated heterocycles. The van der Waals surface area contributed by atoms with Crippen LogP contribution >= 0.6 is 0 Å². The van der Waals surface area contributed by atoms with Crippen molar-refractivity contribution in [2.45, 2.75) is 84.3 Å². The molecule has 0 unspecified atom stereocenters. The molecule has 0 aromatic heterocycles. The summed E-state index contributed by atoms with van der Waals surface area (Å²) in [5.41, 5.74) is 0.213. The molecule has 6 nitrogen and oxygen atoms in total. The van der Waals surface area contributed by atoms with Crippen LogP contribution < -0.4 is 0 Å². The Kier molecular flexibility index (Phi) is 12.5. The van der Waals surface area contributed by atoms with Crippen LogP contribution in [0.2, 0.25) is 0 Å². The van der Waals surface area contributed by atoms with E-state index in [9.17, 15) is 19.8 Å². The van der Waals surface area contributed by atoms with E-state index in [4.69, 9.17) is 9.47 Å². The Bertz CT molecular complexity index is 1160. The van der Waals surface area contributed by atoms with Crippen LogP contribution in [0.1, 0.15) is 71.4 Å². The van der Waals surface area contributed by atoms with Crippen molar-refractivity contribution in [1.29, 1.82) is 0 Å². The van der Waals surface area contributed by atoms with Gasteiger partial charge in [-0.15, -0.1) is 0 Å². The van der Waals surface area contributed by atoms with Crippen LogP contribution in [0.4, 0.5) is 4.39 Å². The first-order chi connectivity index (χ1) is 19.1. The van der Waals surface area contributed by atoms with E-state index in [-0.39, 0.29) is 30.2 Å². The number of carbonyl (C=O) groups excluding carboxylic acids is 2. The van der Waals surface area contributed by atoms with Crippen molar-refractivity contribution in [3.63, 3.8) is 0 Å². The van der Waals surface area contributed by atoms with E-state index in [2.05, 4.69) is 20.1 Å². The summed E-state index contributed by atoms with van der Waals surface area (Å²) in [6.07, 6.45) is 5.36. The predicted octanol–water partition coefficient (Wildman–Crippen LogP) is 6.51. The molecule has 2 aromatic carbocycles. The van der Waals surface area contributed by atoms with Gasteiger partial charge in [-0.3, -0.25) is 0 Å². The van der Waals surface area contributed by atoms with Gasteiger partial charge in [-0.2, -0.15) is 0 Å². The number of hydrogen-bond acceptors (Lipinski definition) is 6. The van der Waals surface area contributed by atoms with Gasteiger partial charge in [-0.25, -0.2) is 14.0 Å². The highest BCUT2D eigenvalue weighted by Gasteiger charge is 2.28. The summed E-state index contributed by atoms with van der Waals surface area (Å²) in [6, 6.07) is 13.1. The molecule has 2 rings (SSSR count). The predicted molar refractivity (Wildman–Crippen MR) is 160 cm³/mol. The first-order valence-electron chi connectivity index (χ1n) is 14.2. The Hall–Kier alpha value is -3.29. The molecule has 0 fully saturated rings. The van der Waals surface area contributed by atoms with Gasteiger partial charge in [-0.05, 0) is 76.1 Å². The maximum atomic E-state index is 15.1. The Morgan fingerprint density at radius 3 is 1.80 bits per heavy atom. The molecular formula is C34H45FO6. The second kappa shape index (κ2) is 15.1. The van der Waals surface area contributed by atoms with Crippen molar-refractivity contribution in [2.75, 3.05) is 13.2 Å². The Labute approximate surface area is 243 Å². The number of esters is 2. The van der Waals surface area contributed by atoms with E-state index < -0.39 is 29.1 Å². The molecule has 0 radical (unpaired) electrons. The highest BCUT2D eigenvalue weighted by atomic mass is 19.1. The molecule has 0 aliphatic rings. The lowest BCUT2D eigenvalue weighted by atomic mass is 9.96. The first-order valence-corrected chi connectivity index (χ1v) is 14.2. The van der Waals surface area contributed by atoms with E-state index >= 15 is 4.39 Å². The third-order valence-electron chi connectivity index (χ3n) is 7.08. The molecule has 41 heavy (non-hydrogen) atoms. The number of hydrogen-bond donors (Lipinski definition) is 2. The highest BCUT2D eigenvalue weighted by Crippen LogP contribution is 2.26. The summed E-state index contributed by atoms with van der Waals surface area (Å²) in [7, 11) is 0. The Morgan fingerprint density at radius 2 is 1.34 bits per heavy atom. The van der Waals surface area contributed by atoms with Gasteiger partial charge in [0.2, 0.25) is 0 Å². The van der Waals surface area contributed by atoms with E-state index in [1.807, 2.05) is 30.3 Å². The van der Waals surface area contributed by atoms with Gasteiger partial charge in [0.1, 0.15) is 5.82 Å². The minimum Gasteiger partial charge on any atom is -0.462 e. The zero-order valence-electron chi connectivity index (χ0n) is 25.1. The van der Waals surface area contributed by atoms with Crippen molar-refractivity contribution < 1.29 is 33.7 Å². The molecule has 0 saturated carbocycles. The number of halogens is 1. The fourth-order valence-electron chi connectivity index (χ4n) is 4.02. The number of rotatable bonds is 16. The fraction of sp³-hybridized carbons (Fsp3) is 0.471. The van der Waals surface area contributed by atoms with Gasteiger partial charge >= 0.3 is 11.9 Å². The molecule has 0 amide bonds. The second-order valence-corrected chi connectivity index (χ2v) is 11.6. The zero-order chi connectivity index (χ0) is 30.8. The molecule has 2 N–H and O–H groups in total. The summed E-state index contributed by atoms with van der Waals surface area (Å²) in [4.78, 5) is 24.7. The standard InChI is InChI=1S/C34H45FO6/c1-8-9-10-11-25-14-17-28(18-15-25)29-19-16-26(20-30(29)35)12-13-27(21-40-31(36)23(2)33(4,5)38)22-41-32(37)24(3)34(6,7)39/h14-20,27,38-39H,2-3,8-13,21-22H2,1,4-7H3. The lowest BCUT2D eigenvalue weighted by Crippen LogP contribution is -2.31. The van der Waals surface area contributed by atoms with Crippen molar-refractivity contribution in [2.24, 2.45) is 5.92 Å². The zero-order valence-corrected chi connectivity index (χ0v) is 25.1. The summed E-state index contributed by atoms with van der Waals surface area (Å²) in [6.45, 7) is 14.9. The number of aryl methyl sites for hydroxylation is 2. The minimum absolute atomic E-state index is 0.102. The molecular weight excluding hydrogens is 523 g/mol. The third kappa shape index (κ3) is 10.9. The Balaban J connectivity index is 2.09. The van der Waals surface area contributed by atoms with Gasteiger partial charge < -0.3 is 19.7 Å². The van der Waals surface area contributed by atoms with Gasteiger partial charge in [-0.1, -0.05) is 69.3 Å². The normalized spacial score (nSPS) is 11.8. The number of ether oxygens (including phenoxy) is 2. The molecule has 0 bridgehead atoms. The van der Waals surface area contributed by atoms with E-state index in [0.717, 1.165) is 24.0 Å². The SMILES string of the molecule is C=C(C(=O)OCC(CCc1ccc(-c2ccc(CCCCC)cc2)c(F)c1)COC(=O)C(=C)C(C)(C)O)C(C)(C)O. The summed E-state index contributed by atoms with van der Waals surface area (Å²) in [5, 5.41) is 20.1. The van der Waals surface area contributed by atoms with Crippen LogP contribution in [0.15, 0.2) is 66.8 Å². The largest absolute Gasteiger partial charge is 0.462 e. The van der Waals surface area contributed by atoms with E-state index in [1.165, 1.54) is 52.2 Å². The second-order valence-electron chi connectivity index (χ2n) is 11.6. The van der Waals surface area contributed by atoms with Crippen LogP contribution in [-0.2, 0) is 31.9 Å². The smallest absolute Gasteiger partial charge is 0.336 e. The van der Waals surface area contributed by atoms with Crippen molar-refractivity contribution in [3.05, 3.63) is 83.7 Å². The lowest BCUT2D eigenvalue weighted by Gasteiger charge is -2.23. The van der Waals surface area contributed by atoms with Gasteiger partial charge in [0, 0.05) is 11.5 Å². The average Bonchev–Trinajstić information content (AvgIpc) is 2.91. The van der Waals surface area contributed by atoms with Crippen LogP contribution in [0.5, 0.6) is 0 Å². The number of unbranched alkanes of at least 4 members (excludes halogenated alkanes) is 2. The molecule has 224 valence electrons. The molecule has 0 heterocycles. The van der Waals surface area contributed by atoms with Gasteiger partial charge in [0.05, 0.1) is 35.6 Å². The highest BCUT2D eigenvalue weighted by molar-refractivity contribution is 5.90. The summed E-state index contributed by atoms with van der Waals surface area (Å²) < 4.78 is 25.8. The topological polar surface area (TPSA) is 93.1 Å². The maximum Gasteiger partial charge on any atom is 0.336 e. The number of aliphatic hydroxyl groups is 2. The molecule has 0 aliphatic carbocycles. The molecule has 0 aliphatic heterocycles. The average molecular weight is 569 g/mol. The summed E-state index contributed by atoms with van der Waals surface area (Å²) in [5.74, 6) is -2.29. The van der Waals surface area contributed by atoms with Crippen LogP contribution in [0.3, 0.4) is 0 Å². The monoisotopic (exact) mass is 568 g/mol. The maximum absolute atomic E-state index is 15.1. The quantitative estimate of drug-likeness (QED) is 0.136. The van der Waals surface area contributed by atoms with Crippen molar-refractivity contribution in [3.8, 4) is 11.1 Å². The molecule has 2 aromatic rings.